The second kappa shape index (κ2) is 3.94. The molecule has 17 heavy (non-hydrogen) atoms. The summed E-state index contributed by atoms with van der Waals surface area (Å²) in [5.74, 6) is 0. The molecule has 4 nitrogen and oxygen atoms in total. The highest BCUT2D eigenvalue weighted by molar-refractivity contribution is 7.12. The number of fused-ring (bicyclic) bond motifs is 1. The Morgan fingerprint density at radius 1 is 1.35 bits per heavy atom. The van der Waals surface area contributed by atoms with Gasteiger partial charge in [0.15, 0.2) is 0 Å². The average molecular weight is 245 g/mol. The van der Waals surface area contributed by atoms with E-state index >= 15 is 0 Å². The number of hydrogen-bond donors (Lipinski definition) is 1. The van der Waals surface area contributed by atoms with E-state index in [1.54, 1.807) is 40.6 Å². The molecule has 5 heteroatoms. The van der Waals surface area contributed by atoms with Crippen molar-refractivity contribution in [3.05, 3.63) is 52.2 Å². The van der Waals surface area contributed by atoms with Gasteiger partial charge in [-0.15, -0.1) is 11.3 Å². The van der Waals surface area contributed by atoms with Crippen molar-refractivity contribution in [3.8, 4) is 0 Å². The van der Waals surface area contributed by atoms with Crippen molar-refractivity contribution in [2.24, 2.45) is 0 Å². The topological polar surface area (TPSA) is 50.4 Å². The van der Waals surface area contributed by atoms with Gasteiger partial charge in [0, 0.05) is 27.7 Å². The van der Waals surface area contributed by atoms with Crippen molar-refractivity contribution in [2.75, 3.05) is 0 Å². The van der Waals surface area contributed by atoms with Gasteiger partial charge in [-0.3, -0.25) is 4.98 Å². The summed E-state index contributed by atoms with van der Waals surface area (Å²) in [4.78, 5) is 6.18. The molecule has 1 atom stereocenters. The molecule has 0 fully saturated rings. The SMILES string of the molecule is Cc1ccc(C(O)c2cnn3ccncc23)s1. The first kappa shape index (κ1) is 10.4. The van der Waals surface area contributed by atoms with E-state index < -0.39 is 6.10 Å². The van der Waals surface area contributed by atoms with Gasteiger partial charge in [-0.2, -0.15) is 5.10 Å². The van der Waals surface area contributed by atoms with E-state index in [2.05, 4.69) is 10.1 Å². The highest BCUT2D eigenvalue weighted by atomic mass is 32.1. The lowest BCUT2D eigenvalue weighted by Gasteiger charge is -2.06. The summed E-state index contributed by atoms with van der Waals surface area (Å²) in [6.45, 7) is 2.03. The lowest BCUT2D eigenvalue weighted by atomic mass is 10.1. The number of aliphatic hydroxyl groups is 1. The van der Waals surface area contributed by atoms with Crippen LogP contribution in [0.5, 0.6) is 0 Å². The third-order valence-electron chi connectivity index (χ3n) is 2.68. The van der Waals surface area contributed by atoms with Crippen molar-refractivity contribution in [1.29, 1.82) is 0 Å². The van der Waals surface area contributed by atoms with Crippen molar-refractivity contribution < 1.29 is 5.11 Å². The lowest BCUT2D eigenvalue weighted by Crippen LogP contribution is -1.96. The highest BCUT2D eigenvalue weighted by Gasteiger charge is 2.17. The summed E-state index contributed by atoms with van der Waals surface area (Å²) in [5, 5.41) is 14.5. The van der Waals surface area contributed by atoms with Gasteiger partial charge in [0.25, 0.3) is 0 Å². The van der Waals surface area contributed by atoms with E-state index in [1.807, 2.05) is 19.1 Å². The molecular formula is C12H11N3OS. The fourth-order valence-corrected chi connectivity index (χ4v) is 2.70. The largest absolute Gasteiger partial charge is 0.383 e. The Balaban J connectivity index is 2.09. The molecule has 1 N–H and O–H groups in total. The molecule has 3 aromatic rings. The molecule has 0 radical (unpaired) electrons. The summed E-state index contributed by atoms with van der Waals surface area (Å²) in [7, 11) is 0. The van der Waals surface area contributed by atoms with Crippen LogP contribution in [0.1, 0.15) is 21.4 Å². The Kier molecular flexibility index (Phi) is 2.42. The molecule has 0 spiro atoms. The maximum Gasteiger partial charge on any atom is 0.117 e. The van der Waals surface area contributed by atoms with Gasteiger partial charge in [-0.1, -0.05) is 0 Å². The molecule has 0 aromatic carbocycles. The molecule has 0 aliphatic heterocycles. The maximum absolute atomic E-state index is 10.3. The fourth-order valence-electron chi connectivity index (χ4n) is 1.82. The summed E-state index contributed by atoms with van der Waals surface area (Å²) in [6.07, 6.45) is 6.22. The van der Waals surface area contributed by atoms with E-state index in [9.17, 15) is 5.11 Å². The zero-order chi connectivity index (χ0) is 11.8. The van der Waals surface area contributed by atoms with Crippen LogP contribution in [0.15, 0.2) is 36.9 Å². The molecular weight excluding hydrogens is 234 g/mol. The zero-order valence-electron chi connectivity index (χ0n) is 9.24. The molecule has 0 saturated carbocycles. The second-order valence-electron chi connectivity index (χ2n) is 3.86. The molecule has 0 amide bonds. The number of hydrogen-bond acceptors (Lipinski definition) is 4. The number of rotatable bonds is 2. The van der Waals surface area contributed by atoms with E-state index in [4.69, 9.17) is 0 Å². The standard InChI is InChI=1S/C12H11N3OS/c1-8-2-3-11(17-8)12(16)9-6-14-15-5-4-13-7-10(9)15/h2-7,12,16H,1H3. The van der Waals surface area contributed by atoms with Crippen LogP contribution in [0.3, 0.4) is 0 Å². The van der Waals surface area contributed by atoms with Crippen molar-refractivity contribution in [2.45, 2.75) is 13.0 Å². The van der Waals surface area contributed by atoms with Gasteiger partial charge in [0.1, 0.15) is 6.10 Å². The third kappa shape index (κ3) is 1.73. The van der Waals surface area contributed by atoms with E-state index in [1.165, 1.54) is 4.88 Å². The minimum Gasteiger partial charge on any atom is -0.383 e. The highest BCUT2D eigenvalue weighted by Crippen LogP contribution is 2.29. The van der Waals surface area contributed by atoms with Crippen LogP contribution < -0.4 is 0 Å². The predicted molar refractivity (Wildman–Crippen MR) is 66.1 cm³/mol. The van der Waals surface area contributed by atoms with Crippen molar-refractivity contribution >= 4 is 16.9 Å². The maximum atomic E-state index is 10.3. The first-order valence-electron chi connectivity index (χ1n) is 5.27. The number of aromatic nitrogens is 3. The third-order valence-corrected chi connectivity index (χ3v) is 3.73. The Morgan fingerprint density at radius 2 is 2.24 bits per heavy atom. The van der Waals surface area contributed by atoms with Crippen LogP contribution in [0.25, 0.3) is 5.52 Å². The van der Waals surface area contributed by atoms with Crippen LogP contribution >= 0.6 is 11.3 Å². The van der Waals surface area contributed by atoms with E-state index in [0.717, 1.165) is 16.0 Å². The minimum atomic E-state index is -0.629. The molecule has 0 aliphatic carbocycles. The molecule has 3 rings (SSSR count). The number of aryl methyl sites for hydroxylation is 1. The van der Waals surface area contributed by atoms with Gasteiger partial charge in [-0.05, 0) is 19.1 Å². The molecule has 0 bridgehead atoms. The van der Waals surface area contributed by atoms with Crippen LogP contribution in [0.4, 0.5) is 0 Å². The van der Waals surface area contributed by atoms with E-state index in [-0.39, 0.29) is 0 Å². The summed E-state index contributed by atoms with van der Waals surface area (Å²) < 4.78 is 1.71. The Hall–Kier alpha value is -1.72. The van der Waals surface area contributed by atoms with Gasteiger partial charge in [0.2, 0.25) is 0 Å². The van der Waals surface area contributed by atoms with Gasteiger partial charge < -0.3 is 5.11 Å². The average Bonchev–Trinajstić information content (AvgIpc) is 2.94. The molecule has 3 aromatic heterocycles. The van der Waals surface area contributed by atoms with Crippen molar-refractivity contribution in [3.63, 3.8) is 0 Å². The van der Waals surface area contributed by atoms with Crippen molar-refractivity contribution in [1.82, 2.24) is 14.6 Å². The fraction of sp³-hybridized carbons (Fsp3) is 0.167. The first-order chi connectivity index (χ1) is 8.25. The van der Waals surface area contributed by atoms with Crippen LogP contribution in [-0.4, -0.2) is 19.7 Å². The normalized spacial score (nSPS) is 13.1. The lowest BCUT2D eigenvalue weighted by molar-refractivity contribution is 0.225. The van der Waals surface area contributed by atoms with Crippen LogP contribution in [0, 0.1) is 6.92 Å². The minimum absolute atomic E-state index is 0.629. The summed E-state index contributed by atoms with van der Waals surface area (Å²) >= 11 is 1.60. The summed E-state index contributed by atoms with van der Waals surface area (Å²) in [5.41, 5.74) is 1.63. The van der Waals surface area contributed by atoms with Crippen LogP contribution in [0.2, 0.25) is 0 Å². The van der Waals surface area contributed by atoms with Gasteiger partial charge in [-0.25, -0.2) is 4.52 Å². The number of thiophene rings is 1. The molecule has 3 heterocycles. The second-order valence-corrected chi connectivity index (χ2v) is 5.18. The Bertz CT molecular complexity index is 658. The number of nitrogens with zero attached hydrogens (tertiary/aromatic N) is 3. The monoisotopic (exact) mass is 245 g/mol. The van der Waals surface area contributed by atoms with Gasteiger partial charge >= 0.3 is 0 Å². The first-order valence-corrected chi connectivity index (χ1v) is 6.09. The number of aliphatic hydroxyl groups excluding tert-OH is 1. The Labute approximate surface area is 102 Å². The van der Waals surface area contributed by atoms with Crippen LogP contribution in [-0.2, 0) is 0 Å². The van der Waals surface area contributed by atoms with E-state index in [0.29, 0.717) is 0 Å². The molecule has 1 unspecified atom stereocenters. The predicted octanol–water partition coefficient (Wildman–Crippen LogP) is 2.18. The summed E-state index contributed by atoms with van der Waals surface area (Å²) in [6, 6.07) is 3.96. The van der Waals surface area contributed by atoms with Gasteiger partial charge in [0.05, 0.1) is 17.9 Å². The quantitative estimate of drug-likeness (QED) is 0.753. The molecule has 86 valence electrons. The molecule has 0 saturated heterocycles. The Morgan fingerprint density at radius 3 is 3.00 bits per heavy atom. The molecule has 0 aliphatic rings. The smallest absolute Gasteiger partial charge is 0.117 e. The zero-order valence-corrected chi connectivity index (χ0v) is 10.1.